The number of benzene rings is 2. The van der Waals surface area contributed by atoms with Crippen molar-refractivity contribution >= 4 is 17.6 Å². The summed E-state index contributed by atoms with van der Waals surface area (Å²) in [6, 6.07) is 13.8. The highest BCUT2D eigenvalue weighted by Gasteiger charge is 2.25. The second kappa shape index (κ2) is 10.3. The maximum Gasteiger partial charge on any atom is 0.315 e. The monoisotopic (exact) mass is 463 g/mol. The minimum Gasteiger partial charge on any atom is -0.403 e. The van der Waals surface area contributed by atoms with Crippen LogP contribution in [0, 0.1) is 11.7 Å². The molecule has 2 aromatic carbocycles. The molecule has 1 aliphatic carbocycles. The number of hydrogen-bond donors (Lipinski definition) is 2. The van der Waals surface area contributed by atoms with Gasteiger partial charge in [-0.05, 0) is 87.9 Å². The van der Waals surface area contributed by atoms with Gasteiger partial charge in [-0.1, -0.05) is 23.3 Å². The maximum atomic E-state index is 14.8. The van der Waals surface area contributed by atoms with Crippen LogP contribution >= 0.6 is 0 Å². The summed E-state index contributed by atoms with van der Waals surface area (Å²) in [5.74, 6) is 0.0451. The van der Waals surface area contributed by atoms with Gasteiger partial charge in [0.2, 0.25) is 0 Å². The van der Waals surface area contributed by atoms with E-state index in [1.54, 1.807) is 30.3 Å². The Bertz CT molecular complexity index is 1110. The van der Waals surface area contributed by atoms with E-state index in [2.05, 4.69) is 25.7 Å². The molecule has 7 nitrogen and oxygen atoms in total. The molecule has 8 heteroatoms. The highest BCUT2D eigenvalue weighted by Crippen LogP contribution is 2.30. The number of nitrogens with zero attached hydrogens (tertiary/aromatic N) is 3. The van der Waals surface area contributed by atoms with Crippen LogP contribution in [0.5, 0.6) is 0 Å². The maximum absolute atomic E-state index is 14.8. The number of halogens is 1. The van der Waals surface area contributed by atoms with Gasteiger partial charge in [-0.25, -0.2) is 4.39 Å². The number of aromatic nitrogens is 2. The molecule has 0 unspecified atom stereocenters. The topological polar surface area (TPSA) is 83.3 Å². The highest BCUT2D eigenvalue weighted by atomic mass is 19.1. The summed E-state index contributed by atoms with van der Waals surface area (Å²) in [5, 5.41) is 14.1. The van der Waals surface area contributed by atoms with Gasteiger partial charge in [0.25, 0.3) is 11.8 Å². The fraction of sp³-hybridized carbons (Fsp3) is 0.423. The molecule has 0 atom stereocenters. The van der Waals surface area contributed by atoms with E-state index in [0.717, 1.165) is 18.8 Å². The lowest BCUT2D eigenvalue weighted by molar-refractivity contribution is 0.102. The van der Waals surface area contributed by atoms with Crippen molar-refractivity contribution < 1.29 is 13.6 Å². The number of anilines is 2. The minimum atomic E-state index is -0.538. The van der Waals surface area contributed by atoms with Crippen LogP contribution in [-0.4, -0.2) is 46.7 Å². The van der Waals surface area contributed by atoms with Crippen molar-refractivity contribution in [1.82, 2.24) is 15.1 Å². The molecule has 5 rings (SSSR count). The van der Waals surface area contributed by atoms with Crippen LogP contribution < -0.4 is 10.6 Å². The Hall–Kier alpha value is -3.26. The van der Waals surface area contributed by atoms with Crippen molar-refractivity contribution in [2.75, 3.05) is 30.3 Å². The summed E-state index contributed by atoms with van der Waals surface area (Å²) < 4.78 is 20.5. The number of hydrogen-bond acceptors (Lipinski definition) is 6. The number of likely N-dealkylation sites (tertiary alicyclic amines) is 1. The minimum absolute atomic E-state index is 0.114. The largest absolute Gasteiger partial charge is 0.403 e. The summed E-state index contributed by atoms with van der Waals surface area (Å²) >= 11 is 0. The molecule has 0 spiro atoms. The van der Waals surface area contributed by atoms with Gasteiger partial charge in [0.15, 0.2) is 0 Å². The van der Waals surface area contributed by atoms with Crippen molar-refractivity contribution in [1.29, 1.82) is 0 Å². The van der Waals surface area contributed by atoms with Gasteiger partial charge in [0.1, 0.15) is 5.82 Å². The Morgan fingerprint density at radius 3 is 2.53 bits per heavy atom. The van der Waals surface area contributed by atoms with E-state index in [-0.39, 0.29) is 17.4 Å². The number of carbonyl (C=O) groups is 1. The first kappa shape index (κ1) is 22.5. The van der Waals surface area contributed by atoms with Crippen LogP contribution in [0.1, 0.15) is 48.9 Å². The van der Waals surface area contributed by atoms with E-state index >= 15 is 0 Å². The van der Waals surface area contributed by atoms with Crippen molar-refractivity contribution in [3.8, 4) is 11.5 Å². The predicted octanol–water partition coefficient (Wildman–Crippen LogP) is 5.19. The van der Waals surface area contributed by atoms with Gasteiger partial charge in [-0.3, -0.25) is 4.79 Å². The van der Waals surface area contributed by atoms with E-state index in [1.807, 2.05) is 6.07 Å². The fourth-order valence-corrected chi connectivity index (χ4v) is 4.94. The van der Waals surface area contributed by atoms with Crippen molar-refractivity contribution in [3.63, 3.8) is 0 Å². The van der Waals surface area contributed by atoms with E-state index in [0.29, 0.717) is 23.3 Å². The fourth-order valence-electron chi connectivity index (χ4n) is 4.94. The zero-order valence-electron chi connectivity index (χ0n) is 19.2. The molecule has 2 N–H and O–H groups in total. The summed E-state index contributed by atoms with van der Waals surface area (Å²) in [5.41, 5.74) is 1.07. The van der Waals surface area contributed by atoms with Crippen LogP contribution in [0.4, 0.5) is 16.1 Å². The molecule has 2 aliphatic rings. The normalized spacial score (nSPS) is 20.9. The van der Waals surface area contributed by atoms with Crippen LogP contribution in [0.2, 0.25) is 0 Å². The Morgan fingerprint density at radius 1 is 1.03 bits per heavy atom. The van der Waals surface area contributed by atoms with Gasteiger partial charge in [-0.15, -0.1) is 5.10 Å². The molecular weight excluding hydrogens is 433 g/mol. The van der Waals surface area contributed by atoms with E-state index in [9.17, 15) is 9.18 Å². The summed E-state index contributed by atoms with van der Waals surface area (Å²) in [6.45, 7) is 3.72. The van der Waals surface area contributed by atoms with Crippen LogP contribution in [-0.2, 0) is 0 Å². The van der Waals surface area contributed by atoms with Gasteiger partial charge >= 0.3 is 6.01 Å². The van der Waals surface area contributed by atoms with E-state index < -0.39 is 5.82 Å². The van der Waals surface area contributed by atoms with Crippen LogP contribution in [0.3, 0.4) is 0 Å². The summed E-state index contributed by atoms with van der Waals surface area (Å²) in [7, 11) is 0. The molecule has 2 fully saturated rings. The lowest BCUT2D eigenvalue weighted by Crippen LogP contribution is -2.32. The second-order valence-corrected chi connectivity index (χ2v) is 9.30. The van der Waals surface area contributed by atoms with Crippen LogP contribution in [0.15, 0.2) is 52.9 Å². The Morgan fingerprint density at radius 2 is 1.79 bits per heavy atom. The molecular formula is C26H30FN5O2. The molecule has 0 radical (unpaired) electrons. The first-order valence-electron chi connectivity index (χ1n) is 12.1. The Kier molecular flexibility index (Phi) is 6.85. The number of amides is 1. The van der Waals surface area contributed by atoms with Crippen molar-refractivity contribution in [3.05, 3.63) is 59.9 Å². The molecule has 1 aliphatic heterocycles. The molecule has 2 heterocycles. The Balaban J connectivity index is 1.15. The van der Waals surface area contributed by atoms with Gasteiger partial charge in [0.05, 0.1) is 5.56 Å². The number of carbonyl (C=O) groups excluding carboxylic acids is 1. The predicted molar refractivity (Wildman–Crippen MR) is 129 cm³/mol. The second-order valence-electron chi connectivity index (χ2n) is 9.30. The zero-order valence-corrected chi connectivity index (χ0v) is 19.2. The average molecular weight is 464 g/mol. The third-order valence-electron chi connectivity index (χ3n) is 6.81. The lowest BCUT2D eigenvalue weighted by atomic mass is 9.86. The van der Waals surface area contributed by atoms with Crippen molar-refractivity contribution in [2.45, 2.75) is 44.6 Å². The molecule has 1 saturated carbocycles. The average Bonchev–Trinajstić information content (AvgIpc) is 3.53. The Labute approximate surface area is 198 Å². The van der Waals surface area contributed by atoms with E-state index in [1.165, 1.54) is 57.5 Å². The summed E-state index contributed by atoms with van der Waals surface area (Å²) in [4.78, 5) is 14.9. The highest BCUT2D eigenvalue weighted by molar-refractivity contribution is 6.04. The molecule has 0 bridgehead atoms. The van der Waals surface area contributed by atoms with E-state index in [4.69, 9.17) is 4.42 Å². The summed E-state index contributed by atoms with van der Waals surface area (Å²) in [6.07, 6.45) is 7.20. The quantitative estimate of drug-likeness (QED) is 0.501. The first-order valence-corrected chi connectivity index (χ1v) is 12.1. The molecule has 3 aromatic rings. The van der Waals surface area contributed by atoms with Crippen LogP contribution in [0.25, 0.3) is 11.5 Å². The molecule has 1 aromatic heterocycles. The number of nitrogens with one attached hydrogen (secondary N) is 2. The first-order chi connectivity index (χ1) is 16.6. The molecule has 1 amide bonds. The van der Waals surface area contributed by atoms with Gasteiger partial charge < -0.3 is 20.0 Å². The molecule has 1 saturated heterocycles. The SMILES string of the molecule is O=C(Nc1ccc(-c2nnc(NC3CCC(CN4CCCC4)CC3)o2)c(F)c1)c1ccccc1. The molecule has 34 heavy (non-hydrogen) atoms. The number of rotatable bonds is 7. The zero-order chi connectivity index (χ0) is 23.3. The standard InChI is InChI=1S/C26H30FN5O2/c27-23-16-21(28-24(33)19-6-2-1-3-7-19)12-13-22(23)25-30-31-26(34-25)29-20-10-8-18(9-11-20)17-32-14-4-5-15-32/h1-3,6-7,12-13,16,18,20H,4-5,8-11,14-15,17H2,(H,28,33)(H,29,31). The van der Waals surface area contributed by atoms with Crippen molar-refractivity contribution in [2.24, 2.45) is 5.92 Å². The lowest BCUT2D eigenvalue weighted by Gasteiger charge is -2.31. The third kappa shape index (κ3) is 5.44. The molecule has 178 valence electrons. The third-order valence-corrected chi connectivity index (χ3v) is 6.81. The smallest absolute Gasteiger partial charge is 0.315 e. The van der Waals surface area contributed by atoms with Gasteiger partial charge in [-0.2, -0.15) is 0 Å². The van der Waals surface area contributed by atoms with Gasteiger partial charge in [0, 0.05) is 23.8 Å².